The van der Waals surface area contributed by atoms with Crippen LogP contribution in [-0.4, -0.2) is 35.1 Å². The van der Waals surface area contributed by atoms with E-state index in [1.807, 2.05) is 26.8 Å². The van der Waals surface area contributed by atoms with Crippen molar-refractivity contribution in [3.63, 3.8) is 0 Å². The molecule has 30 heavy (non-hydrogen) atoms. The molecule has 2 amide bonds. The van der Waals surface area contributed by atoms with Gasteiger partial charge in [0.2, 0.25) is 11.8 Å². The second kappa shape index (κ2) is 12.2. The minimum Gasteiger partial charge on any atom is -0.355 e. The van der Waals surface area contributed by atoms with Crippen LogP contribution in [0.2, 0.25) is 10.0 Å². The number of halogens is 2. The van der Waals surface area contributed by atoms with E-state index in [4.69, 9.17) is 23.2 Å². The molecule has 0 heterocycles. The van der Waals surface area contributed by atoms with Gasteiger partial charge < -0.3 is 10.2 Å². The number of carbonyl (C=O) groups is 2. The van der Waals surface area contributed by atoms with E-state index in [0.29, 0.717) is 41.7 Å². The zero-order chi connectivity index (χ0) is 22.1. The van der Waals surface area contributed by atoms with Crippen molar-refractivity contribution in [3.8, 4) is 0 Å². The lowest BCUT2D eigenvalue weighted by atomic mass is 10.1. The molecule has 0 aliphatic heterocycles. The number of benzene rings is 2. The summed E-state index contributed by atoms with van der Waals surface area (Å²) in [5.74, 6) is 0.449. The van der Waals surface area contributed by atoms with E-state index in [0.717, 1.165) is 10.5 Å². The molecule has 7 heteroatoms. The van der Waals surface area contributed by atoms with Gasteiger partial charge in [0.15, 0.2) is 0 Å². The van der Waals surface area contributed by atoms with Gasteiger partial charge in [-0.15, -0.1) is 11.8 Å². The summed E-state index contributed by atoms with van der Waals surface area (Å²) in [6.45, 7) is 6.66. The molecular formula is C23H28Cl2N2O2S. The average molecular weight is 467 g/mol. The highest BCUT2D eigenvalue weighted by molar-refractivity contribution is 7.99. The Kier molecular flexibility index (Phi) is 10.0. The van der Waals surface area contributed by atoms with Gasteiger partial charge in [-0.05, 0) is 50.1 Å². The topological polar surface area (TPSA) is 49.4 Å². The van der Waals surface area contributed by atoms with E-state index in [-0.39, 0.29) is 11.8 Å². The highest BCUT2D eigenvalue weighted by Crippen LogP contribution is 2.25. The molecule has 0 spiro atoms. The molecule has 2 rings (SSSR count). The van der Waals surface area contributed by atoms with Gasteiger partial charge in [0.1, 0.15) is 6.04 Å². The number of likely N-dealkylation sites (N-methyl/N-ethyl adjacent to an activating group) is 1. The molecular weight excluding hydrogens is 439 g/mol. The molecule has 0 aromatic heterocycles. The molecule has 1 atom stereocenters. The van der Waals surface area contributed by atoms with Crippen LogP contribution in [0.15, 0.2) is 47.4 Å². The van der Waals surface area contributed by atoms with Crippen LogP contribution in [0.25, 0.3) is 0 Å². The maximum atomic E-state index is 13.1. The lowest BCUT2D eigenvalue weighted by Crippen LogP contribution is -2.49. The number of thioether (sulfide) groups is 1. The minimum atomic E-state index is -0.531. The van der Waals surface area contributed by atoms with Gasteiger partial charge in [0.05, 0.1) is 10.0 Å². The van der Waals surface area contributed by atoms with Crippen LogP contribution in [0.3, 0.4) is 0 Å². The van der Waals surface area contributed by atoms with Gasteiger partial charge in [0, 0.05) is 30.2 Å². The molecule has 0 bridgehead atoms. The monoisotopic (exact) mass is 466 g/mol. The lowest BCUT2D eigenvalue weighted by Gasteiger charge is -2.30. The summed E-state index contributed by atoms with van der Waals surface area (Å²) in [6, 6.07) is 13.0. The molecule has 0 aliphatic rings. The number of rotatable bonds is 10. The molecule has 4 nitrogen and oxygen atoms in total. The zero-order valence-electron chi connectivity index (χ0n) is 17.6. The van der Waals surface area contributed by atoms with Crippen molar-refractivity contribution in [1.29, 1.82) is 0 Å². The van der Waals surface area contributed by atoms with Crippen LogP contribution >= 0.6 is 35.0 Å². The fourth-order valence-corrected chi connectivity index (χ4v) is 4.24. The van der Waals surface area contributed by atoms with E-state index < -0.39 is 6.04 Å². The second-order valence-corrected chi connectivity index (χ2v) is 8.98. The maximum Gasteiger partial charge on any atom is 0.242 e. The number of hydrogen-bond acceptors (Lipinski definition) is 3. The van der Waals surface area contributed by atoms with Gasteiger partial charge in [-0.2, -0.15) is 0 Å². The summed E-state index contributed by atoms with van der Waals surface area (Å²) in [7, 11) is 0. The lowest BCUT2D eigenvalue weighted by molar-refractivity contribution is -0.141. The number of carbonyl (C=O) groups excluding carboxylic acids is 2. The van der Waals surface area contributed by atoms with Crippen molar-refractivity contribution in [2.24, 2.45) is 0 Å². The first-order chi connectivity index (χ1) is 14.3. The van der Waals surface area contributed by atoms with Gasteiger partial charge in [-0.3, -0.25) is 9.59 Å². The van der Waals surface area contributed by atoms with E-state index in [2.05, 4.69) is 29.6 Å². The van der Waals surface area contributed by atoms with E-state index >= 15 is 0 Å². The first kappa shape index (κ1) is 24.6. The van der Waals surface area contributed by atoms with Crippen molar-refractivity contribution in [1.82, 2.24) is 10.2 Å². The van der Waals surface area contributed by atoms with Crippen molar-refractivity contribution in [3.05, 3.63) is 63.6 Å². The van der Waals surface area contributed by atoms with Crippen LogP contribution in [-0.2, 0) is 16.1 Å². The first-order valence-corrected chi connectivity index (χ1v) is 11.8. The summed E-state index contributed by atoms with van der Waals surface area (Å²) in [6.07, 6.45) is 0.875. The minimum absolute atomic E-state index is 0.0567. The smallest absolute Gasteiger partial charge is 0.242 e. The molecule has 2 aromatic carbocycles. The SMILES string of the molecule is CCNC(=O)C(CC)N(Cc1ccc(Cl)c(Cl)c1)C(=O)CCSc1ccc(C)cc1. The van der Waals surface area contributed by atoms with Crippen molar-refractivity contribution in [2.75, 3.05) is 12.3 Å². The van der Waals surface area contributed by atoms with Gasteiger partial charge in [-0.1, -0.05) is 53.9 Å². The number of amides is 2. The van der Waals surface area contributed by atoms with E-state index in [1.165, 1.54) is 5.56 Å². The Morgan fingerprint density at radius 1 is 1.07 bits per heavy atom. The highest BCUT2D eigenvalue weighted by Gasteiger charge is 2.28. The summed E-state index contributed by atoms with van der Waals surface area (Å²) in [4.78, 5) is 28.5. The average Bonchev–Trinajstić information content (AvgIpc) is 2.72. The Hall–Kier alpha value is -1.69. The fourth-order valence-electron chi connectivity index (χ4n) is 3.08. The number of nitrogens with zero attached hydrogens (tertiary/aromatic N) is 1. The van der Waals surface area contributed by atoms with Crippen LogP contribution in [0, 0.1) is 6.92 Å². The van der Waals surface area contributed by atoms with Crippen LogP contribution in [0.4, 0.5) is 0 Å². The van der Waals surface area contributed by atoms with Crippen LogP contribution < -0.4 is 5.32 Å². The third kappa shape index (κ3) is 7.22. The van der Waals surface area contributed by atoms with E-state index in [1.54, 1.807) is 28.8 Å². The van der Waals surface area contributed by atoms with Crippen molar-refractivity contribution in [2.45, 2.75) is 51.1 Å². The normalized spacial score (nSPS) is 11.8. The zero-order valence-corrected chi connectivity index (χ0v) is 19.9. The highest BCUT2D eigenvalue weighted by atomic mass is 35.5. The number of hydrogen-bond donors (Lipinski definition) is 1. The summed E-state index contributed by atoms with van der Waals surface area (Å²) < 4.78 is 0. The summed E-state index contributed by atoms with van der Waals surface area (Å²) >= 11 is 13.8. The van der Waals surface area contributed by atoms with E-state index in [9.17, 15) is 9.59 Å². The maximum absolute atomic E-state index is 13.1. The second-order valence-electron chi connectivity index (χ2n) is 7.00. The summed E-state index contributed by atoms with van der Waals surface area (Å²) in [5, 5.41) is 3.73. The Bertz CT molecular complexity index is 859. The number of nitrogens with one attached hydrogen (secondary N) is 1. The third-order valence-corrected chi connectivity index (χ3v) is 6.43. The van der Waals surface area contributed by atoms with Crippen molar-refractivity contribution >= 4 is 46.8 Å². The van der Waals surface area contributed by atoms with Crippen LogP contribution in [0.5, 0.6) is 0 Å². The van der Waals surface area contributed by atoms with Crippen molar-refractivity contribution < 1.29 is 9.59 Å². The molecule has 2 aromatic rings. The molecule has 0 saturated carbocycles. The fraction of sp³-hybridized carbons (Fsp3) is 0.391. The van der Waals surface area contributed by atoms with Crippen LogP contribution in [0.1, 0.15) is 37.8 Å². The Labute approximate surface area is 193 Å². The Morgan fingerprint density at radius 3 is 2.37 bits per heavy atom. The molecule has 0 fully saturated rings. The molecule has 1 N–H and O–H groups in total. The molecule has 162 valence electrons. The first-order valence-electron chi connectivity index (χ1n) is 10.1. The standard InChI is InChI=1S/C23H28Cl2N2O2S/c1-4-21(23(29)26-5-2)27(15-17-8-11-19(24)20(25)14-17)22(28)12-13-30-18-9-6-16(3)7-10-18/h6-11,14,21H,4-5,12-13,15H2,1-3H3,(H,26,29). The predicted octanol–water partition coefficient (Wildman–Crippen LogP) is 5.73. The Balaban J connectivity index is 2.13. The third-order valence-electron chi connectivity index (χ3n) is 4.68. The Morgan fingerprint density at radius 2 is 1.77 bits per heavy atom. The number of aryl methyl sites for hydroxylation is 1. The van der Waals surface area contributed by atoms with Gasteiger partial charge in [0.25, 0.3) is 0 Å². The van der Waals surface area contributed by atoms with Gasteiger partial charge in [-0.25, -0.2) is 0 Å². The molecule has 0 saturated heterocycles. The molecule has 1 unspecified atom stereocenters. The van der Waals surface area contributed by atoms with Gasteiger partial charge >= 0.3 is 0 Å². The largest absolute Gasteiger partial charge is 0.355 e. The molecule has 0 aliphatic carbocycles. The summed E-state index contributed by atoms with van der Waals surface area (Å²) in [5.41, 5.74) is 2.04. The predicted molar refractivity (Wildman–Crippen MR) is 126 cm³/mol. The molecule has 0 radical (unpaired) electrons. The quantitative estimate of drug-likeness (QED) is 0.454.